The van der Waals surface area contributed by atoms with E-state index in [1.165, 1.54) is 83.1 Å². The molecule has 0 heterocycles. The largest absolute Gasteiger partial charge is 0.310 e. The topological polar surface area (TPSA) is 3.24 Å². The van der Waals surface area contributed by atoms with Crippen LogP contribution in [0.5, 0.6) is 0 Å². The van der Waals surface area contributed by atoms with Gasteiger partial charge in [0, 0.05) is 16.9 Å². The second kappa shape index (κ2) is 18.2. The zero-order chi connectivity index (χ0) is 47.8. The maximum Gasteiger partial charge on any atom is 0.0714 e. The lowest BCUT2D eigenvalue weighted by atomic mass is 9.67. The van der Waals surface area contributed by atoms with Gasteiger partial charge in [-0.2, -0.15) is 0 Å². The Hall–Kier alpha value is -9.30. The third kappa shape index (κ3) is 7.17. The predicted molar refractivity (Wildman–Crippen MR) is 303 cm³/mol. The van der Waals surface area contributed by atoms with E-state index in [-0.39, 0.29) is 0 Å². The molecule has 1 aliphatic carbocycles. The van der Waals surface area contributed by atoms with Gasteiger partial charge in [0.15, 0.2) is 0 Å². The summed E-state index contributed by atoms with van der Waals surface area (Å²) in [6.45, 7) is 0. The number of anilines is 3. The molecular formula is C71H49N. The Bertz CT molecular complexity index is 3870. The van der Waals surface area contributed by atoms with Crippen molar-refractivity contribution in [2.24, 2.45) is 0 Å². The zero-order valence-corrected chi connectivity index (χ0v) is 39.7. The van der Waals surface area contributed by atoms with Crippen LogP contribution in [0.4, 0.5) is 17.1 Å². The van der Waals surface area contributed by atoms with Crippen LogP contribution in [0, 0.1) is 0 Å². The summed E-state index contributed by atoms with van der Waals surface area (Å²) < 4.78 is 0. The van der Waals surface area contributed by atoms with Gasteiger partial charge in [-0.25, -0.2) is 0 Å². The molecule has 0 aromatic heterocycles. The second-order valence-corrected chi connectivity index (χ2v) is 18.7. The van der Waals surface area contributed by atoms with Gasteiger partial charge in [-0.15, -0.1) is 0 Å². The summed E-state index contributed by atoms with van der Waals surface area (Å²) in [7, 11) is 0. The molecule has 0 radical (unpaired) electrons. The van der Waals surface area contributed by atoms with Gasteiger partial charge in [0.05, 0.1) is 11.1 Å². The van der Waals surface area contributed by atoms with Crippen LogP contribution >= 0.6 is 0 Å². The Balaban J connectivity index is 1.10. The van der Waals surface area contributed by atoms with Crippen molar-refractivity contribution >= 4 is 27.8 Å². The van der Waals surface area contributed by atoms with Gasteiger partial charge in [0.1, 0.15) is 0 Å². The van der Waals surface area contributed by atoms with E-state index in [0.717, 1.165) is 33.8 Å². The van der Waals surface area contributed by atoms with Crippen molar-refractivity contribution < 1.29 is 0 Å². The average Bonchev–Trinajstić information content (AvgIpc) is 3.76. The minimum absolute atomic E-state index is 0.571. The Morgan fingerprint density at radius 3 is 1.46 bits per heavy atom. The number of nitrogens with zero attached hydrogens (tertiary/aromatic N) is 1. The van der Waals surface area contributed by atoms with E-state index in [2.05, 4.69) is 302 Å². The average molecular weight is 916 g/mol. The number of rotatable bonds is 10. The summed E-state index contributed by atoms with van der Waals surface area (Å²) in [4.78, 5) is 2.51. The van der Waals surface area contributed by atoms with Crippen molar-refractivity contribution in [2.45, 2.75) is 5.41 Å². The van der Waals surface area contributed by atoms with Crippen LogP contribution in [0.3, 0.4) is 0 Å². The Kier molecular flexibility index (Phi) is 10.8. The Labute approximate surface area is 422 Å². The molecule has 12 aromatic carbocycles. The summed E-state index contributed by atoms with van der Waals surface area (Å²) in [5.74, 6) is 0. The first-order valence-electron chi connectivity index (χ1n) is 24.9. The lowest BCUT2D eigenvalue weighted by molar-refractivity contribution is 0.768. The van der Waals surface area contributed by atoms with Crippen molar-refractivity contribution in [3.8, 4) is 66.8 Å². The molecule has 13 rings (SSSR count). The minimum Gasteiger partial charge on any atom is -0.310 e. The third-order valence-corrected chi connectivity index (χ3v) is 14.8. The number of benzene rings is 12. The molecule has 0 bridgehead atoms. The summed E-state index contributed by atoms with van der Waals surface area (Å²) in [6.07, 6.45) is 0. The molecule has 0 saturated carbocycles. The molecule has 1 aliphatic rings. The van der Waals surface area contributed by atoms with E-state index >= 15 is 0 Å². The van der Waals surface area contributed by atoms with Gasteiger partial charge in [0.2, 0.25) is 0 Å². The van der Waals surface area contributed by atoms with Crippen LogP contribution < -0.4 is 4.90 Å². The highest BCUT2D eigenvalue weighted by Crippen LogP contribution is 2.58. The van der Waals surface area contributed by atoms with E-state index in [9.17, 15) is 0 Å². The Morgan fingerprint density at radius 2 is 0.722 bits per heavy atom. The van der Waals surface area contributed by atoms with Crippen molar-refractivity contribution in [2.75, 3.05) is 4.90 Å². The maximum atomic E-state index is 2.51. The number of para-hydroxylation sites is 1. The van der Waals surface area contributed by atoms with Crippen molar-refractivity contribution in [1.29, 1.82) is 0 Å². The van der Waals surface area contributed by atoms with Crippen LogP contribution in [-0.4, -0.2) is 0 Å². The van der Waals surface area contributed by atoms with Crippen molar-refractivity contribution in [3.63, 3.8) is 0 Å². The molecule has 1 heteroatoms. The molecule has 1 nitrogen and oxygen atoms in total. The van der Waals surface area contributed by atoms with E-state index in [4.69, 9.17) is 0 Å². The predicted octanol–water partition coefficient (Wildman–Crippen LogP) is 19.0. The molecule has 338 valence electrons. The first-order valence-corrected chi connectivity index (χ1v) is 24.9. The van der Waals surface area contributed by atoms with Crippen LogP contribution in [0.15, 0.2) is 297 Å². The van der Waals surface area contributed by atoms with E-state index in [0.29, 0.717) is 0 Å². The van der Waals surface area contributed by atoms with Gasteiger partial charge in [-0.05, 0) is 125 Å². The smallest absolute Gasteiger partial charge is 0.0714 e. The van der Waals surface area contributed by atoms with Gasteiger partial charge in [-0.1, -0.05) is 267 Å². The number of hydrogen-bond acceptors (Lipinski definition) is 1. The summed E-state index contributed by atoms with van der Waals surface area (Å²) in [5.41, 5.74) is 21.9. The van der Waals surface area contributed by atoms with Crippen LogP contribution in [0.25, 0.3) is 77.5 Å². The van der Waals surface area contributed by atoms with Crippen molar-refractivity contribution in [3.05, 3.63) is 320 Å². The first kappa shape index (κ1) is 42.8. The van der Waals surface area contributed by atoms with Gasteiger partial charge < -0.3 is 4.90 Å². The number of fused-ring (bicyclic) bond motifs is 4. The lowest BCUT2D eigenvalue weighted by Crippen LogP contribution is -2.28. The number of hydrogen-bond donors (Lipinski definition) is 0. The fraction of sp³-hybridized carbons (Fsp3) is 0.0141. The molecule has 0 atom stereocenters. The highest BCUT2D eigenvalue weighted by Gasteiger charge is 2.46. The molecule has 0 fully saturated rings. The zero-order valence-electron chi connectivity index (χ0n) is 39.7. The molecule has 0 N–H and O–H groups in total. The molecule has 72 heavy (non-hydrogen) atoms. The first-order chi connectivity index (χ1) is 35.8. The second-order valence-electron chi connectivity index (χ2n) is 18.7. The van der Waals surface area contributed by atoms with Crippen LogP contribution in [-0.2, 0) is 5.41 Å². The van der Waals surface area contributed by atoms with Gasteiger partial charge in [-0.3, -0.25) is 0 Å². The van der Waals surface area contributed by atoms with Gasteiger partial charge in [0.25, 0.3) is 0 Å². The Morgan fingerprint density at radius 1 is 0.250 bits per heavy atom. The maximum absolute atomic E-state index is 2.51. The van der Waals surface area contributed by atoms with Crippen LogP contribution in [0.1, 0.15) is 22.3 Å². The van der Waals surface area contributed by atoms with E-state index < -0.39 is 5.41 Å². The fourth-order valence-electron chi connectivity index (χ4n) is 11.7. The van der Waals surface area contributed by atoms with Gasteiger partial charge >= 0.3 is 0 Å². The normalized spacial score (nSPS) is 12.3. The fourth-order valence-corrected chi connectivity index (χ4v) is 11.7. The standard InChI is InChI=1S/C71H49N/c1-5-24-50(25-6-1)59-37-15-16-40-65(59)70-61(52-26-7-2-8-27-52)42-23-43-66(70)64-39-18-20-45-69(64)72(56-35-21-30-53(48-56)60-41-22-29-51-28-13-14-36-58(51)60)57-46-47-63-62-38-17-19-44-67(62)71(68(63)49-57,54-31-9-3-10-32-54)55-33-11-4-12-34-55/h1-49H. The van der Waals surface area contributed by atoms with E-state index in [1.54, 1.807) is 0 Å². The monoisotopic (exact) mass is 915 g/mol. The molecule has 0 amide bonds. The summed E-state index contributed by atoms with van der Waals surface area (Å²) in [6, 6.07) is 109. The molecule has 0 saturated heterocycles. The van der Waals surface area contributed by atoms with Crippen LogP contribution in [0.2, 0.25) is 0 Å². The quantitative estimate of drug-likeness (QED) is 0.132. The summed E-state index contributed by atoms with van der Waals surface area (Å²) in [5, 5.41) is 2.45. The molecule has 12 aromatic rings. The molecule has 0 aliphatic heterocycles. The SMILES string of the molecule is c1ccc(-c2ccccc2-c2c(-c3ccccc3)cccc2-c2ccccc2N(c2cccc(-c3cccc4ccccc34)c2)c2ccc3c(c2)C(c2ccccc2)(c2ccccc2)c2ccccc2-3)cc1. The highest BCUT2D eigenvalue weighted by atomic mass is 15.1. The minimum atomic E-state index is -0.571. The lowest BCUT2D eigenvalue weighted by Gasteiger charge is -2.35. The molecule has 0 unspecified atom stereocenters. The molecule has 0 spiro atoms. The van der Waals surface area contributed by atoms with Crippen molar-refractivity contribution in [1.82, 2.24) is 0 Å². The third-order valence-electron chi connectivity index (χ3n) is 14.8. The highest BCUT2D eigenvalue weighted by molar-refractivity contribution is 6.04. The van der Waals surface area contributed by atoms with E-state index in [1.807, 2.05) is 0 Å². The molecular weight excluding hydrogens is 867 g/mol. The summed E-state index contributed by atoms with van der Waals surface area (Å²) >= 11 is 0.